The van der Waals surface area contributed by atoms with E-state index in [4.69, 9.17) is 4.74 Å². The molecule has 0 fully saturated rings. The number of rotatable bonds is 5. The Hall–Kier alpha value is -2.38. The van der Waals surface area contributed by atoms with Gasteiger partial charge in [0.15, 0.2) is 0 Å². The summed E-state index contributed by atoms with van der Waals surface area (Å²) in [5.74, 6) is -0.692. The van der Waals surface area contributed by atoms with Crippen LogP contribution >= 0.6 is 0 Å². The first kappa shape index (κ1) is 17.0. The molecule has 0 aliphatic rings. The Kier molecular flexibility index (Phi) is 4.72. The third-order valence-corrected chi connectivity index (χ3v) is 5.15. The Bertz CT molecular complexity index is 843. The van der Waals surface area contributed by atoms with Crippen molar-refractivity contribution in [2.75, 3.05) is 21.2 Å². The van der Waals surface area contributed by atoms with Crippen LogP contribution in [0.1, 0.15) is 10.4 Å². The molecule has 0 unspecified atom stereocenters. The van der Waals surface area contributed by atoms with E-state index in [0.717, 1.165) is 4.31 Å². The predicted octanol–water partition coefficient (Wildman–Crippen LogP) is 2.31. The van der Waals surface area contributed by atoms with Crippen molar-refractivity contribution in [2.45, 2.75) is 4.90 Å². The lowest BCUT2D eigenvalue weighted by molar-refractivity contribution is 0.0696. The molecule has 23 heavy (non-hydrogen) atoms. The molecule has 1 N–H and O–H groups in total. The van der Waals surface area contributed by atoms with Gasteiger partial charge in [-0.3, -0.25) is 0 Å². The van der Waals surface area contributed by atoms with Crippen LogP contribution in [-0.4, -0.2) is 45.0 Å². The monoisotopic (exact) mass is 335 g/mol. The van der Waals surface area contributed by atoms with Gasteiger partial charge in [0, 0.05) is 14.1 Å². The summed E-state index contributed by atoms with van der Waals surface area (Å²) >= 11 is 0. The molecule has 0 heterocycles. The number of aromatic carboxylic acids is 1. The van der Waals surface area contributed by atoms with Crippen molar-refractivity contribution in [1.82, 2.24) is 4.31 Å². The number of carbonyl (C=O) groups is 1. The molecule has 0 radical (unpaired) electrons. The maximum atomic E-state index is 12.2. The summed E-state index contributed by atoms with van der Waals surface area (Å²) in [6.45, 7) is 0. The van der Waals surface area contributed by atoms with Crippen molar-refractivity contribution < 1.29 is 23.1 Å². The molecular weight excluding hydrogens is 318 g/mol. The van der Waals surface area contributed by atoms with E-state index in [9.17, 15) is 18.3 Å². The van der Waals surface area contributed by atoms with Crippen LogP contribution < -0.4 is 4.74 Å². The molecule has 2 aromatic carbocycles. The number of nitrogens with zero attached hydrogens (tertiary/aromatic N) is 1. The topological polar surface area (TPSA) is 83.9 Å². The molecule has 122 valence electrons. The molecule has 0 amide bonds. The van der Waals surface area contributed by atoms with Crippen molar-refractivity contribution in [2.24, 2.45) is 0 Å². The van der Waals surface area contributed by atoms with E-state index in [0.29, 0.717) is 16.9 Å². The Balaban J connectivity index is 2.60. The first-order valence-corrected chi connectivity index (χ1v) is 8.15. The van der Waals surface area contributed by atoms with Gasteiger partial charge in [-0.25, -0.2) is 17.5 Å². The highest BCUT2D eigenvalue weighted by molar-refractivity contribution is 7.89. The molecule has 7 heteroatoms. The van der Waals surface area contributed by atoms with E-state index in [1.54, 1.807) is 18.2 Å². The van der Waals surface area contributed by atoms with Gasteiger partial charge < -0.3 is 9.84 Å². The van der Waals surface area contributed by atoms with Gasteiger partial charge in [0.1, 0.15) is 5.75 Å². The number of carboxylic acid groups (broad SMARTS) is 1. The number of carboxylic acids is 1. The molecule has 0 spiro atoms. The lowest BCUT2D eigenvalue weighted by atomic mass is 10.0. The van der Waals surface area contributed by atoms with Crippen LogP contribution in [0.25, 0.3) is 11.1 Å². The van der Waals surface area contributed by atoms with Gasteiger partial charge in [-0.2, -0.15) is 0 Å². The van der Waals surface area contributed by atoms with E-state index < -0.39 is 16.0 Å². The van der Waals surface area contributed by atoms with Crippen molar-refractivity contribution in [3.8, 4) is 16.9 Å². The average molecular weight is 335 g/mol. The summed E-state index contributed by atoms with van der Waals surface area (Å²) in [6, 6.07) is 10.9. The molecule has 0 saturated carbocycles. The van der Waals surface area contributed by atoms with Gasteiger partial charge >= 0.3 is 5.97 Å². The summed E-state index contributed by atoms with van der Waals surface area (Å²) < 4.78 is 30.7. The fourth-order valence-electron chi connectivity index (χ4n) is 2.05. The Morgan fingerprint density at radius 3 is 2.35 bits per heavy atom. The van der Waals surface area contributed by atoms with Gasteiger partial charge in [-0.05, 0) is 41.5 Å². The predicted molar refractivity (Wildman–Crippen MR) is 86.3 cm³/mol. The van der Waals surface area contributed by atoms with Crippen LogP contribution in [0.3, 0.4) is 0 Å². The van der Waals surface area contributed by atoms with Crippen molar-refractivity contribution in [1.29, 1.82) is 0 Å². The van der Waals surface area contributed by atoms with Crippen LogP contribution in [0.5, 0.6) is 5.75 Å². The van der Waals surface area contributed by atoms with Crippen molar-refractivity contribution in [3.63, 3.8) is 0 Å². The van der Waals surface area contributed by atoms with E-state index in [2.05, 4.69) is 0 Å². The van der Waals surface area contributed by atoms with E-state index >= 15 is 0 Å². The number of ether oxygens (including phenoxy) is 1. The maximum absolute atomic E-state index is 12.2. The summed E-state index contributed by atoms with van der Waals surface area (Å²) in [4.78, 5) is 11.3. The van der Waals surface area contributed by atoms with E-state index in [-0.39, 0.29) is 10.5 Å². The van der Waals surface area contributed by atoms with Crippen molar-refractivity contribution in [3.05, 3.63) is 48.0 Å². The third kappa shape index (κ3) is 3.52. The van der Waals surface area contributed by atoms with E-state index in [1.165, 1.54) is 45.5 Å². The zero-order chi connectivity index (χ0) is 17.2. The second-order valence-corrected chi connectivity index (χ2v) is 7.22. The lowest BCUT2D eigenvalue weighted by Gasteiger charge is -2.13. The molecule has 0 saturated heterocycles. The lowest BCUT2D eigenvalue weighted by Crippen LogP contribution is -2.22. The number of benzene rings is 2. The minimum atomic E-state index is -3.56. The van der Waals surface area contributed by atoms with Gasteiger partial charge in [0.25, 0.3) is 0 Å². The first-order chi connectivity index (χ1) is 10.8. The molecule has 0 aliphatic carbocycles. The van der Waals surface area contributed by atoms with Crippen LogP contribution in [0.2, 0.25) is 0 Å². The average Bonchev–Trinajstić information content (AvgIpc) is 2.54. The Morgan fingerprint density at radius 2 is 1.78 bits per heavy atom. The minimum Gasteiger partial charge on any atom is -0.497 e. The van der Waals surface area contributed by atoms with Crippen LogP contribution in [0, 0.1) is 0 Å². The zero-order valence-electron chi connectivity index (χ0n) is 13.0. The molecule has 0 atom stereocenters. The SMILES string of the molecule is COc1cc(C(=O)O)cc(-c2cccc(S(=O)(=O)N(C)C)c2)c1. The fourth-order valence-corrected chi connectivity index (χ4v) is 3.00. The number of methoxy groups -OCH3 is 1. The maximum Gasteiger partial charge on any atom is 0.335 e. The largest absolute Gasteiger partial charge is 0.497 e. The van der Waals surface area contributed by atoms with Gasteiger partial charge in [0.2, 0.25) is 10.0 Å². The Morgan fingerprint density at radius 1 is 1.09 bits per heavy atom. The molecule has 0 bridgehead atoms. The highest BCUT2D eigenvalue weighted by atomic mass is 32.2. The summed E-state index contributed by atoms with van der Waals surface area (Å²) in [6.07, 6.45) is 0. The number of sulfonamides is 1. The van der Waals surface area contributed by atoms with Gasteiger partial charge in [-0.1, -0.05) is 12.1 Å². The second-order valence-electron chi connectivity index (χ2n) is 5.07. The Labute approximate surface area is 135 Å². The summed E-state index contributed by atoms with van der Waals surface area (Å²) in [5, 5.41) is 9.17. The van der Waals surface area contributed by atoms with Crippen LogP contribution in [0.4, 0.5) is 0 Å². The smallest absolute Gasteiger partial charge is 0.335 e. The molecule has 2 aromatic rings. The quantitative estimate of drug-likeness (QED) is 0.906. The molecular formula is C16H17NO5S. The normalized spacial score (nSPS) is 11.5. The minimum absolute atomic E-state index is 0.0696. The van der Waals surface area contributed by atoms with Crippen LogP contribution in [0.15, 0.2) is 47.4 Å². The fraction of sp³-hybridized carbons (Fsp3) is 0.188. The molecule has 0 aliphatic heterocycles. The van der Waals surface area contributed by atoms with E-state index in [1.807, 2.05) is 0 Å². The molecule has 2 rings (SSSR count). The highest BCUT2D eigenvalue weighted by Crippen LogP contribution is 2.28. The standard InChI is InChI=1S/C16H17NO5S/c1-17(2)23(20,21)15-6-4-5-11(10-15)12-7-13(16(18)19)9-14(8-12)22-3/h4-10H,1-3H3,(H,18,19). The molecule has 0 aromatic heterocycles. The van der Waals surface area contributed by atoms with Gasteiger partial charge in [-0.15, -0.1) is 0 Å². The highest BCUT2D eigenvalue weighted by Gasteiger charge is 2.18. The van der Waals surface area contributed by atoms with Gasteiger partial charge in [0.05, 0.1) is 17.6 Å². The van der Waals surface area contributed by atoms with Crippen molar-refractivity contribution >= 4 is 16.0 Å². The second kappa shape index (κ2) is 6.39. The number of hydrogen-bond acceptors (Lipinski definition) is 4. The summed E-state index contributed by atoms with van der Waals surface area (Å²) in [5.41, 5.74) is 1.23. The molecule has 6 nitrogen and oxygen atoms in total. The third-order valence-electron chi connectivity index (χ3n) is 3.34. The number of hydrogen-bond donors (Lipinski definition) is 1. The first-order valence-electron chi connectivity index (χ1n) is 6.71. The van der Waals surface area contributed by atoms with Crippen LogP contribution in [-0.2, 0) is 10.0 Å². The zero-order valence-corrected chi connectivity index (χ0v) is 13.8. The summed E-state index contributed by atoms with van der Waals surface area (Å²) in [7, 11) is 0.787.